The fourth-order valence-electron chi connectivity index (χ4n) is 4.69. The van der Waals surface area contributed by atoms with Gasteiger partial charge < -0.3 is 29.0 Å². The van der Waals surface area contributed by atoms with Crippen molar-refractivity contribution in [2.75, 3.05) is 18.4 Å². The highest BCUT2D eigenvalue weighted by atomic mass is 32.1. The van der Waals surface area contributed by atoms with Gasteiger partial charge in [0.25, 0.3) is 5.91 Å². The van der Waals surface area contributed by atoms with Crippen LogP contribution in [0.3, 0.4) is 0 Å². The van der Waals surface area contributed by atoms with Gasteiger partial charge in [0.05, 0.1) is 0 Å². The molecular weight excluding hydrogens is 526 g/mol. The summed E-state index contributed by atoms with van der Waals surface area (Å²) in [6.45, 7) is 7.10. The predicted molar refractivity (Wildman–Crippen MR) is 157 cm³/mol. The molecule has 40 heavy (non-hydrogen) atoms. The molecule has 2 aromatic carbocycles. The summed E-state index contributed by atoms with van der Waals surface area (Å²) < 4.78 is 19.7. The Balaban J connectivity index is 1.16. The van der Waals surface area contributed by atoms with Gasteiger partial charge in [0, 0.05) is 55.7 Å². The Morgan fingerprint density at radius 2 is 1.75 bits per heavy atom. The van der Waals surface area contributed by atoms with Crippen molar-refractivity contribution in [1.82, 2.24) is 9.47 Å². The molecule has 210 valence electrons. The molecule has 0 radical (unpaired) electrons. The van der Waals surface area contributed by atoms with E-state index in [4.69, 9.17) is 14.2 Å². The van der Waals surface area contributed by atoms with Crippen LogP contribution in [0.1, 0.15) is 49.7 Å². The van der Waals surface area contributed by atoms with Gasteiger partial charge in [-0.3, -0.25) is 4.79 Å². The molecule has 4 aromatic rings. The van der Waals surface area contributed by atoms with Crippen LogP contribution < -0.4 is 14.8 Å². The summed E-state index contributed by atoms with van der Waals surface area (Å²) in [7, 11) is 1.90. The lowest BCUT2D eigenvalue weighted by molar-refractivity contribution is 0.0126. The summed E-state index contributed by atoms with van der Waals surface area (Å²) in [4.78, 5) is 28.2. The Hall–Kier alpha value is -3.98. The Morgan fingerprint density at radius 3 is 2.50 bits per heavy atom. The molecule has 5 rings (SSSR count). The van der Waals surface area contributed by atoms with E-state index in [1.807, 2.05) is 98.4 Å². The van der Waals surface area contributed by atoms with E-state index in [-0.39, 0.29) is 24.7 Å². The van der Waals surface area contributed by atoms with E-state index in [0.717, 1.165) is 34.4 Å². The molecule has 1 N–H and O–H groups in total. The summed E-state index contributed by atoms with van der Waals surface area (Å²) in [5, 5.41) is 6.13. The van der Waals surface area contributed by atoms with E-state index in [1.54, 1.807) is 16.2 Å². The summed E-state index contributed by atoms with van der Waals surface area (Å²) in [5.74, 6) is 1.23. The number of benzene rings is 2. The second kappa shape index (κ2) is 11.6. The third kappa shape index (κ3) is 6.59. The van der Waals surface area contributed by atoms with Crippen LogP contribution in [0, 0.1) is 0 Å². The minimum absolute atomic E-state index is 0.0117. The molecule has 0 bridgehead atoms. The van der Waals surface area contributed by atoms with E-state index < -0.39 is 5.60 Å². The van der Waals surface area contributed by atoms with Gasteiger partial charge >= 0.3 is 6.09 Å². The Labute approximate surface area is 238 Å². The molecule has 1 saturated heterocycles. The Kier molecular flexibility index (Phi) is 8.02. The Bertz CT molecular complexity index is 1490. The summed E-state index contributed by atoms with van der Waals surface area (Å²) >= 11 is 1.61. The third-order valence-corrected chi connectivity index (χ3v) is 7.73. The molecule has 3 heterocycles. The molecule has 1 fully saturated rings. The number of fused-ring (bicyclic) bond motifs is 1. The van der Waals surface area contributed by atoms with E-state index in [1.165, 1.54) is 0 Å². The fourth-order valence-corrected chi connectivity index (χ4v) is 5.56. The minimum atomic E-state index is -0.504. The quantitative estimate of drug-likeness (QED) is 0.267. The number of para-hydroxylation sites is 1. The highest BCUT2D eigenvalue weighted by molar-refractivity contribution is 7.16. The van der Waals surface area contributed by atoms with Gasteiger partial charge in [0.2, 0.25) is 0 Å². The lowest BCUT2D eigenvalue weighted by Crippen LogP contribution is -2.44. The monoisotopic (exact) mass is 561 g/mol. The van der Waals surface area contributed by atoms with Gasteiger partial charge in [0.15, 0.2) is 0 Å². The SMILES string of the molecule is Cn1c(C(=O)Nc2ccccc2COc2cccc(OC3CCN(C(=O)OC(C)(C)C)CC3)c2)cc2ccsc21. The number of nitrogens with one attached hydrogen (secondary N) is 1. The number of piperidine rings is 1. The number of aromatic nitrogens is 1. The topological polar surface area (TPSA) is 82.0 Å². The van der Waals surface area contributed by atoms with Crippen molar-refractivity contribution in [2.45, 2.75) is 51.9 Å². The first-order chi connectivity index (χ1) is 19.2. The molecule has 0 spiro atoms. The fraction of sp³-hybridized carbons (Fsp3) is 0.355. The van der Waals surface area contributed by atoms with Crippen LogP contribution in [0.5, 0.6) is 11.5 Å². The second-order valence-corrected chi connectivity index (χ2v) is 11.8. The third-order valence-electron chi connectivity index (χ3n) is 6.73. The highest BCUT2D eigenvalue weighted by Crippen LogP contribution is 2.27. The number of thiophene rings is 1. The number of carbonyl (C=O) groups excluding carboxylic acids is 2. The van der Waals surface area contributed by atoms with Crippen LogP contribution in [0.15, 0.2) is 66.0 Å². The molecule has 0 saturated carbocycles. The number of nitrogens with zero attached hydrogens (tertiary/aromatic N) is 2. The van der Waals surface area contributed by atoms with Crippen molar-refractivity contribution in [3.8, 4) is 11.5 Å². The number of aryl methyl sites for hydroxylation is 1. The standard InChI is InChI=1S/C31H35N3O5S/c1-31(2,3)39-30(36)34-15-12-23(13-16-34)38-25-10-7-9-24(19-25)37-20-22-8-5-6-11-26(22)32-28(35)27-18-21-14-17-40-29(21)33(27)4/h5-11,14,17-19,23H,12-13,15-16,20H2,1-4H3,(H,32,35). The number of hydrogen-bond donors (Lipinski definition) is 1. The predicted octanol–water partition coefficient (Wildman–Crippen LogP) is 6.85. The van der Waals surface area contributed by atoms with Crippen LogP contribution in [0.25, 0.3) is 10.2 Å². The number of anilines is 1. The first kappa shape index (κ1) is 27.6. The maximum Gasteiger partial charge on any atom is 0.410 e. The van der Waals surface area contributed by atoms with E-state index in [9.17, 15) is 9.59 Å². The van der Waals surface area contributed by atoms with Gasteiger partial charge in [-0.2, -0.15) is 0 Å². The molecule has 0 atom stereocenters. The zero-order valence-corrected chi connectivity index (χ0v) is 24.1. The van der Waals surface area contributed by atoms with Crippen LogP contribution in [0.4, 0.5) is 10.5 Å². The molecule has 1 aliphatic rings. The maximum absolute atomic E-state index is 13.1. The van der Waals surface area contributed by atoms with E-state index >= 15 is 0 Å². The molecule has 0 aliphatic carbocycles. The number of rotatable bonds is 7. The van der Waals surface area contributed by atoms with Crippen molar-refractivity contribution in [3.63, 3.8) is 0 Å². The molecule has 2 amide bonds. The van der Waals surface area contributed by atoms with Gasteiger partial charge in [-0.15, -0.1) is 11.3 Å². The van der Waals surface area contributed by atoms with Crippen molar-refractivity contribution in [1.29, 1.82) is 0 Å². The van der Waals surface area contributed by atoms with Gasteiger partial charge in [-0.1, -0.05) is 24.3 Å². The molecule has 8 nitrogen and oxygen atoms in total. The zero-order valence-electron chi connectivity index (χ0n) is 23.3. The maximum atomic E-state index is 13.1. The van der Waals surface area contributed by atoms with Crippen LogP contribution in [-0.2, 0) is 18.4 Å². The van der Waals surface area contributed by atoms with Gasteiger partial charge in [0.1, 0.15) is 40.3 Å². The zero-order chi connectivity index (χ0) is 28.3. The van der Waals surface area contributed by atoms with Crippen LogP contribution in [0.2, 0.25) is 0 Å². The summed E-state index contributed by atoms with van der Waals surface area (Å²) in [6.07, 6.45) is 1.20. The van der Waals surface area contributed by atoms with Crippen LogP contribution in [-0.4, -0.2) is 46.3 Å². The number of hydrogen-bond acceptors (Lipinski definition) is 6. The van der Waals surface area contributed by atoms with Crippen molar-refractivity contribution < 1.29 is 23.8 Å². The number of amides is 2. The first-order valence-electron chi connectivity index (χ1n) is 13.5. The first-order valence-corrected chi connectivity index (χ1v) is 14.3. The second-order valence-electron chi connectivity index (χ2n) is 10.9. The Morgan fingerprint density at radius 1 is 1.00 bits per heavy atom. The summed E-state index contributed by atoms with van der Waals surface area (Å²) in [5.41, 5.74) is 1.68. The molecule has 9 heteroatoms. The average Bonchev–Trinajstić information content (AvgIpc) is 3.51. The lowest BCUT2D eigenvalue weighted by Gasteiger charge is -2.33. The molecule has 1 aliphatic heterocycles. The highest BCUT2D eigenvalue weighted by Gasteiger charge is 2.27. The lowest BCUT2D eigenvalue weighted by atomic mass is 10.1. The summed E-state index contributed by atoms with van der Waals surface area (Å²) in [6, 6.07) is 19.1. The van der Waals surface area contributed by atoms with Crippen LogP contribution >= 0.6 is 11.3 Å². The molecule has 0 unspecified atom stereocenters. The molecular formula is C31H35N3O5S. The van der Waals surface area contributed by atoms with Gasteiger partial charge in [-0.05, 0) is 56.5 Å². The minimum Gasteiger partial charge on any atom is -0.490 e. The van der Waals surface area contributed by atoms with Crippen molar-refractivity contribution in [2.24, 2.45) is 7.05 Å². The van der Waals surface area contributed by atoms with Crippen molar-refractivity contribution in [3.05, 3.63) is 77.3 Å². The van der Waals surface area contributed by atoms with E-state index in [0.29, 0.717) is 30.2 Å². The van der Waals surface area contributed by atoms with E-state index in [2.05, 4.69) is 5.32 Å². The van der Waals surface area contributed by atoms with Crippen molar-refractivity contribution >= 4 is 39.2 Å². The number of ether oxygens (including phenoxy) is 3. The molecule has 2 aromatic heterocycles. The largest absolute Gasteiger partial charge is 0.490 e. The van der Waals surface area contributed by atoms with Gasteiger partial charge in [-0.25, -0.2) is 4.79 Å². The smallest absolute Gasteiger partial charge is 0.410 e. The average molecular weight is 562 g/mol. The normalized spacial score (nSPS) is 14.2. The number of carbonyl (C=O) groups is 2. The number of likely N-dealkylation sites (tertiary alicyclic amines) is 1.